The van der Waals surface area contributed by atoms with Crippen molar-refractivity contribution in [2.45, 2.75) is 58.8 Å². The number of hydrogen-bond acceptors (Lipinski definition) is 7. The molecule has 0 aliphatic carbocycles. The van der Waals surface area contributed by atoms with Crippen LogP contribution in [0.3, 0.4) is 0 Å². The summed E-state index contributed by atoms with van der Waals surface area (Å²) in [6.45, 7) is 5.89. The zero-order chi connectivity index (χ0) is 48.5. The minimum Gasteiger partial charge on any atom is -0.455 e. The van der Waals surface area contributed by atoms with Crippen LogP contribution in [0.15, 0.2) is 209 Å². The predicted molar refractivity (Wildman–Crippen MR) is 288 cm³/mol. The fraction of sp³-hybridized carbons (Fsp3) is 0.141. The third-order valence-corrected chi connectivity index (χ3v) is 13.5. The summed E-state index contributed by atoms with van der Waals surface area (Å²) >= 11 is 0. The van der Waals surface area contributed by atoms with Gasteiger partial charge in [0.2, 0.25) is 0 Å². The molecule has 0 fully saturated rings. The molecule has 2 heterocycles. The first kappa shape index (κ1) is 45.1. The summed E-state index contributed by atoms with van der Waals surface area (Å²) < 4.78 is 24.5. The number of anilines is 3. The fourth-order valence-electron chi connectivity index (χ4n) is 9.81. The number of carbonyl (C=O) groups is 1. The molecule has 11 rings (SSSR count). The van der Waals surface area contributed by atoms with Crippen LogP contribution in [-0.4, -0.2) is 16.9 Å². The van der Waals surface area contributed by atoms with Crippen LogP contribution in [0.25, 0.3) is 88.4 Å². The van der Waals surface area contributed by atoms with Crippen molar-refractivity contribution in [3.63, 3.8) is 0 Å². The summed E-state index contributed by atoms with van der Waals surface area (Å²) in [6.07, 6.45) is 2.07. The fourth-order valence-corrected chi connectivity index (χ4v) is 9.81. The van der Waals surface area contributed by atoms with Gasteiger partial charge in [0.15, 0.2) is 0 Å². The number of furan rings is 2. The van der Waals surface area contributed by atoms with Gasteiger partial charge in [-0.2, -0.15) is 0 Å². The Morgan fingerprint density at radius 1 is 0.479 bits per heavy atom. The van der Waals surface area contributed by atoms with Gasteiger partial charge >= 0.3 is 6.16 Å². The number of nitrogens with zero attached hydrogens (tertiary/aromatic N) is 1. The minimum absolute atomic E-state index is 0.0310. The molecule has 71 heavy (non-hydrogen) atoms. The Hall–Kier alpha value is -8.39. The molecule has 9 aromatic carbocycles. The second kappa shape index (κ2) is 19.2. The van der Waals surface area contributed by atoms with Gasteiger partial charge in [-0.15, -0.1) is 0 Å². The van der Waals surface area contributed by atoms with Crippen molar-refractivity contribution in [2.24, 2.45) is 0 Å². The summed E-state index contributed by atoms with van der Waals surface area (Å²) in [5, 5.41) is 14.0. The maximum atomic E-state index is 12.8. The van der Waals surface area contributed by atoms with E-state index in [1.165, 1.54) is 11.1 Å². The third-order valence-electron chi connectivity index (χ3n) is 13.5. The van der Waals surface area contributed by atoms with Gasteiger partial charge in [0, 0.05) is 60.9 Å². The van der Waals surface area contributed by atoms with E-state index in [0.717, 1.165) is 114 Å². The lowest BCUT2D eigenvalue weighted by molar-refractivity contribution is -0.0243. The Labute approximate surface area is 413 Å². The van der Waals surface area contributed by atoms with Crippen LogP contribution in [0.5, 0.6) is 0 Å². The van der Waals surface area contributed by atoms with Crippen LogP contribution in [0.2, 0.25) is 0 Å². The first-order chi connectivity index (χ1) is 34.7. The number of aliphatic hydroxyl groups excluding tert-OH is 1. The van der Waals surface area contributed by atoms with Crippen molar-refractivity contribution in [2.75, 3.05) is 4.90 Å². The molecule has 7 nitrogen and oxygen atoms in total. The van der Waals surface area contributed by atoms with Crippen molar-refractivity contribution in [3.8, 4) is 44.5 Å². The zero-order valence-corrected chi connectivity index (χ0v) is 40.0. The molecule has 0 amide bonds. The maximum absolute atomic E-state index is 12.8. The highest BCUT2D eigenvalue weighted by atomic mass is 16.7. The number of para-hydroxylation sites is 4. The predicted octanol–water partition coefficient (Wildman–Crippen LogP) is 17.7. The van der Waals surface area contributed by atoms with Gasteiger partial charge in [-0.1, -0.05) is 177 Å². The van der Waals surface area contributed by atoms with Crippen molar-refractivity contribution >= 4 is 67.1 Å². The van der Waals surface area contributed by atoms with Crippen molar-refractivity contribution in [1.29, 1.82) is 0 Å². The molecule has 11 aromatic rings. The van der Waals surface area contributed by atoms with E-state index in [1.54, 1.807) is 0 Å². The Morgan fingerprint density at radius 3 is 1.37 bits per heavy atom. The van der Waals surface area contributed by atoms with Gasteiger partial charge in [-0.3, -0.25) is 0 Å². The molecule has 0 atom stereocenters. The number of unbranched alkanes of at least 4 members (excludes halogenated alkanes) is 1. The van der Waals surface area contributed by atoms with Crippen LogP contribution in [0, 0.1) is 0 Å². The zero-order valence-electron chi connectivity index (χ0n) is 40.0. The number of fused-ring (bicyclic) bond motifs is 6. The van der Waals surface area contributed by atoms with Crippen molar-refractivity contribution in [3.05, 3.63) is 211 Å². The summed E-state index contributed by atoms with van der Waals surface area (Å²) in [5.74, 6) is 0. The molecule has 0 unspecified atom stereocenters. The molecule has 0 saturated carbocycles. The van der Waals surface area contributed by atoms with E-state index in [-0.39, 0.29) is 13.2 Å². The van der Waals surface area contributed by atoms with E-state index >= 15 is 0 Å². The monoisotopic (exact) mass is 931 g/mol. The largest absolute Gasteiger partial charge is 0.509 e. The third kappa shape index (κ3) is 8.93. The van der Waals surface area contributed by atoms with Crippen LogP contribution in [0.1, 0.15) is 51.2 Å². The molecule has 0 saturated heterocycles. The normalized spacial score (nSPS) is 11.7. The molecular weight excluding hydrogens is 879 g/mol. The molecule has 7 heteroatoms. The highest BCUT2D eigenvalue weighted by molar-refractivity contribution is 6.11. The van der Waals surface area contributed by atoms with Gasteiger partial charge in [-0.05, 0) is 96.5 Å². The number of hydrogen-bond donors (Lipinski definition) is 1. The average Bonchev–Trinajstić information content (AvgIpc) is 4.00. The molecule has 2 aromatic heterocycles. The first-order valence-electron chi connectivity index (χ1n) is 24.3. The summed E-state index contributed by atoms with van der Waals surface area (Å²) in [4.78, 5) is 15.1. The molecule has 1 N–H and O–H groups in total. The molecular formula is C64H53NO6. The van der Waals surface area contributed by atoms with Crippen LogP contribution in [-0.2, 0) is 22.7 Å². The number of carbonyl (C=O) groups excluding carboxylic acids is 1. The van der Waals surface area contributed by atoms with E-state index < -0.39 is 11.8 Å². The second-order valence-electron chi connectivity index (χ2n) is 18.7. The lowest BCUT2D eigenvalue weighted by atomic mass is 9.99. The smallest absolute Gasteiger partial charge is 0.455 e. The highest BCUT2D eigenvalue weighted by Crippen LogP contribution is 2.42. The number of aliphatic hydroxyl groups is 1. The minimum atomic E-state index is -0.687. The molecule has 0 aliphatic rings. The Kier molecular flexibility index (Phi) is 12.2. The van der Waals surface area contributed by atoms with Crippen LogP contribution < -0.4 is 4.90 Å². The lowest BCUT2D eigenvalue weighted by Gasteiger charge is -2.26. The molecule has 350 valence electrons. The van der Waals surface area contributed by atoms with E-state index in [2.05, 4.69) is 170 Å². The van der Waals surface area contributed by atoms with Gasteiger partial charge in [0.1, 0.15) is 34.5 Å². The number of ether oxygens (including phenoxy) is 2. The molecule has 0 bridgehead atoms. The maximum Gasteiger partial charge on any atom is 0.509 e. The molecule has 0 radical (unpaired) electrons. The quantitative estimate of drug-likeness (QED) is 0.109. The van der Waals surface area contributed by atoms with Gasteiger partial charge in [0.05, 0.1) is 6.61 Å². The lowest BCUT2D eigenvalue weighted by Crippen LogP contribution is -2.28. The van der Waals surface area contributed by atoms with E-state index in [4.69, 9.17) is 18.3 Å². The Balaban J connectivity index is 0.924. The molecule has 0 aliphatic heterocycles. The van der Waals surface area contributed by atoms with E-state index in [9.17, 15) is 9.90 Å². The first-order valence-corrected chi connectivity index (χ1v) is 24.3. The SMILES string of the molecule is CCCCC(C)(C)OC(=O)OCc1cccc2c1oc1c(-c3ccc(N(c4ccc(-c5ccc(-c6ccccc6)cc5)cc4)c4ccc(-c5cccc6c5oc5c(CO)cccc56)cc4)cc3)cccc12. The van der Waals surface area contributed by atoms with Gasteiger partial charge in [-0.25, -0.2) is 4.79 Å². The van der Waals surface area contributed by atoms with E-state index in [0.29, 0.717) is 11.2 Å². The highest BCUT2D eigenvalue weighted by Gasteiger charge is 2.24. The topological polar surface area (TPSA) is 85.3 Å². The van der Waals surface area contributed by atoms with Crippen LogP contribution >= 0.6 is 0 Å². The number of rotatable bonds is 14. The Morgan fingerprint density at radius 2 is 0.887 bits per heavy atom. The summed E-state index contributed by atoms with van der Waals surface area (Å²) in [7, 11) is 0. The number of benzene rings is 9. The molecule has 0 spiro atoms. The second-order valence-corrected chi connectivity index (χ2v) is 18.7. The average molecular weight is 932 g/mol. The summed E-state index contributed by atoms with van der Waals surface area (Å²) in [6, 6.07) is 69.4. The van der Waals surface area contributed by atoms with Crippen molar-refractivity contribution in [1.82, 2.24) is 0 Å². The standard InChI is InChI=1S/C64H53NO6/c1-4-5-39-64(2,3)71-63(67)68-41-49-16-10-20-56-58-22-12-18-54(62(58)70-60(49)56)47-31-37-52(38-32-47)65(50-33-27-45(28-34-50)44-25-23-43(24-26-44)42-13-7-6-8-14-42)51-35-29-46(30-36-51)53-17-11-21-57-55-19-9-15-48(40-66)59(55)69-61(53)57/h6-38,66H,4-5,39-41H2,1-3H3. The van der Waals surface area contributed by atoms with Crippen molar-refractivity contribution < 1.29 is 28.2 Å². The van der Waals surface area contributed by atoms with E-state index in [1.807, 2.05) is 56.3 Å². The summed E-state index contributed by atoms with van der Waals surface area (Å²) in [5.41, 5.74) is 15.5. The van der Waals surface area contributed by atoms with Gasteiger partial charge < -0.3 is 28.3 Å². The van der Waals surface area contributed by atoms with Crippen LogP contribution in [0.4, 0.5) is 21.9 Å². The Bertz CT molecular complexity index is 3660. The van der Waals surface area contributed by atoms with Gasteiger partial charge in [0.25, 0.3) is 0 Å².